The van der Waals surface area contributed by atoms with Crippen LogP contribution >= 0.6 is 11.6 Å². The minimum Gasteiger partial charge on any atom is -0.478 e. The number of carboxylic acid groups (broad SMARTS) is 1. The van der Waals surface area contributed by atoms with E-state index in [1.54, 1.807) is 7.11 Å². The zero-order valence-corrected chi connectivity index (χ0v) is 10.8. The third-order valence-electron chi connectivity index (χ3n) is 3.40. The number of pyridine rings is 1. The average Bonchev–Trinajstić information content (AvgIpc) is 2.29. The van der Waals surface area contributed by atoms with E-state index in [-0.39, 0.29) is 16.2 Å². The topological polar surface area (TPSA) is 71.5 Å². The second kappa shape index (κ2) is 5.12. The van der Waals surface area contributed by atoms with Gasteiger partial charge in [0.05, 0.1) is 16.2 Å². The Morgan fingerprint density at radius 3 is 2.89 bits per heavy atom. The van der Waals surface area contributed by atoms with Crippen LogP contribution in [0.3, 0.4) is 0 Å². The third kappa shape index (κ3) is 2.42. The van der Waals surface area contributed by atoms with Crippen molar-refractivity contribution in [2.75, 3.05) is 19.0 Å². The molecule has 0 bridgehead atoms. The van der Waals surface area contributed by atoms with E-state index in [2.05, 4.69) is 10.3 Å². The Morgan fingerprint density at radius 1 is 1.67 bits per heavy atom. The van der Waals surface area contributed by atoms with Crippen LogP contribution in [0.25, 0.3) is 0 Å². The number of hydrogen-bond donors (Lipinski definition) is 2. The van der Waals surface area contributed by atoms with E-state index in [0.29, 0.717) is 12.4 Å². The van der Waals surface area contributed by atoms with Crippen molar-refractivity contribution >= 4 is 23.4 Å². The predicted molar refractivity (Wildman–Crippen MR) is 68.3 cm³/mol. The summed E-state index contributed by atoms with van der Waals surface area (Å²) in [4.78, 5) is 15.0. The number of carboxylic acids is 1. The van der Waals surface area contributed by atoms with Gasteiger partial charge in [0, 0.05) is 19.9 Å². The lowest BCUT2D eigenvalue weighted by Crippen LogP contribution is -2.45. The van der Waals surface area contributed by atoms with Gasteiger partial charge in [-0.2, -0.15) is 0 Å². The molecule has 0 unspecified atom stereocenters. The zero-order chi connectivity index (χ0) is 13.2. The Hall–Kier alpha value is -1.33. The van der Waals surface area contributed by atoms with Crippen LogP contribution < -0.4 is 5.32 Å². The van der Waals surface area contributed by atoms with Gasteiger partial charge in [0.1, 0.15) is 5.82 Å². The summed E-state index contributed by atoms with van der Waals surface area (Å²) >= 11 is 5.99. The molecule has 18 heavy (non-hydrogen) atoms. The molecule has 1 aromatic heterocycles. The van der Waals surface area contributed by atoms with Crippen molar-refractivity contribution in [3.8, 4) is 0 Å². The minimum atomic E-state index is -1.06. The monoisotopic (exact) mass is 270 g/mol. The molecule has 2 rings (SSSR count). The number of methoxy groups -OCH3 is 1. The number of nitrogens with one attached hydrogen (secondary N) is 1. The van der Waals surface area contributed by atoms with Crippen LogP contribution in [0.1, 0.15) is 29.6 Å². The van der Waals surface area contributed by atoms with Gasteiger partial charge >= 0.3 is 5.97 Å². The number of aromatic nitrogens is 1. The highest BCUT2D eigenvalue weighted by Gasteiger charge is 2.37. The summed E-state index contributed by atoms with van der Waals surface area (Å²) in [6, 6.07) is 1.38. The molecule has 0 atom stereocenters. The number of aromatic carboxylic acids is 1. The smallest absolute Gasteiger partial charge is 0.337 e. The largest absolute Gasteiger partial charge is 0.478 e. The van der Waals surface area contributed by atoms with E-state index in [1.807, 2.05) is 0 Å². The van der Waals surface area contributed by atoms with Crippen molar-refractivity contribution in [2.45, 2.75) is 24.9 Å². The fourth-order valence-corrected chi connectivity index (χ4v) is 2.26. The van der Waals surface area contributed by atoms with E-state index in [0.717, 1.165) is 19.3 Å². The molecule has 2 N–H and O–H groups in total. The Labute approximate surface area is 110 Å². The Morgan fingerprint density at radius 2 is 2.39 bits per heavy atom. The van der Waals surface area contributed by atoms with Crippen LogP contribution in [-0.2, 0) is 4.74 Å². The second-order valence-electron chi connectivity index (χ2n) is 4.42. The number of carbonyl (C=O) groups is 1. The standard InChI is InChI=1S/C12H15ClN2O3/c1-18-12(4-2-5-12)7-15-10-9(13)8(11(16)17)3-6-14-10/h3,6H,2,4-5,7H2,1H3,(H,14,15)(H,16,17). The summed E-state index contributed by atoms with van der Waals surface area (Å²) in [5.41, 5.74) is -0.112. The molecule has 5 nitrogen and oxygen atoms in total. The number of halogens is 1. The van der Waals surface area contributed by atoms with Gasteiger partial charge in [-0.15, -0.1) is 0 Å². The maximum Gasteiger partial charge on any atom is 0.337 e. The molecule has 98 valence electrons. The van der Waals surface area contributed by atoms with Crippen LogP contribution in [0.4, 0.5) is 5.82 Å². The van der Waals surface area contributed by atoms with Crippen molar-refractivity contribution in [3.05, 3.63) is 22.8 Å². The van der Waals surface area contributed by atoms with Crippen molar-refractivity contribution in [2.24, 2.45) is 0 Å². The van der Waals surface area contributed by atoms with Gasteiger partial charge in [-0.3, -0.25) is 0 Å². The number of anilines is 1. The predicted octanol–water partition coefficient (Wildman–Crippen LogP) is 2.41. The fraction of sp³-hybridized carbons (Fsp3) is 0.500. The van der Waals surface area contributed by atoms with E-state index >= 15 is 0 Å². The third-order valence-corrected chi connectivity index (χ3v) is 3.78. The molecule has 1 aromatic rings. The first-order valence-corrected chi connectivity index (χ1v) is 6.13. The Balaban J connectivity index is 2.10. The van der Waals surface area contributed by atoms with E-state index < -0.39 is 5.97 Å². The fourth-order valence-electron chi connectivity index (χ4n) is 2.00. The molecule has 1 saturated carbocycles. The van der Waals surface area contributed by atoms with Gasteiger partial charge in [-0.25, -0.2) is 9.78 Å². The van der Waals surface area contributed by atoms with Crippen LogP contribution in [0, 0.1) is 0 Å². The van der Waals surface area contributed by atoms with Gasteiger partial charge in [0.25, 0.3) is 0 Å². The molecule has 0 radical (unpaired) electrons. The molecule has 1 aliphatic rings. The Bertz CT molecular complexity index is 455. The molecule has 0 aliphatic heterocycles. The lowest BCUT2D eigenvalue weighted by molar-refractivity contribution is -0.0601. The highest BCUT2D eigenvalue weighted by atomic mass is 35.5. The van der Waals surface area contributed by atoms with E-state index in [1.165, 1.54) is 12.3 Å². The lowest BCUT2D eigenvalue weighted by Gasteiger charge is -2.40. The number of hydrogen-bond acceptors (Lipinski definition) is 4. The molecule has 6 heteroatoms. The molecular formula is C12H15ClN2O3. The summed E-state index contributed by atoms with van der Waals surface area (Å²) in [5.74, 6) is -0.671. The average molecular weight is 271 g/mol. The summed E-state index contributed by atoms with van der Waals surface area (Å²) in [6.45, 7) is 0.583. The summed E-state index contributed by atoms with van der Waals surface area (Å²) in [6.07, 6.45) is 4.56. The van der Waals surface area contributed by atoms with Crippen molar-refractivity contribution < 1.29 is 14.6 Å². The van der Waals surface area contributed by atoms with E-state index in [4.69, 9.17) is 21.4 Å². The first-order chi connectivity index (χ1) is 8.58. The van der Waals surface area contributed by atoms with Crippen LogP contribution in [0.5, 0.6) is 0 Å². The molecule has 1 aliphatic carbocycles. The van der Waals surface area contributed by atoms with Crippen LogP contribution in [0.2, 0.25) is 5.02 Å². The molecule has 0 amide bonds. The van der Waals surface area contributed by atoms with Crippen LogP contribution in [-0.4, -0.2) is 35.3 Å². The molecule has 0 aromatic carbocycles. The number of ether oxygens (including phenoxy) is 1. The van der Waals surface area contributed by atoms with Gasteiger partial charge in [-0.1, -0.05) is 11.6 Å². The summed E-state index contributed by atoms with van der Waals surface area (Å²) in [5, 5.41) is 12.2. The van der Waals surface area contributed by atoms with Crippen molar-refractivity contribution in [1.82, 2.24) is 4.98 Å². The minimum absolute atomic E-state index is 0.0502. The highest BCUT2D eigenvalue weighted by Crippen LogP contribution is 2.35. The molecule has 0 spiro atoms. The van der Waals surface area contributed by atoms with Crippen molar-refractivity contribution in [3.63, 3.8) is 0 Å². The quantitative estimate of drug-likeness (QED) is 0.860. The van der Waals surface area contributed by atoms with Gasteiger partial charge in [0.15, 0.2) is 0 Å². The summed E-state index contributed by atoms with van der Waals surface area (Å²) < 4.78 is 5.46. The van der Waals surface area contributed by atoms with Gasteiger partial charge in [-0.05, 0) is 25.3 Å². The van der Waals surface area contributed by atoms with Crippen molar-refractivity contribution in [1.29, 1.82) is 0 Å². The van der Waals surface area contributed by atoms with Gasteiger partial charge < -0.3 is 15.2 Å². The van der Waals surface area contributed by atoms with Crippen LogP contribution in [0.15, 0.2) is 12.3 Å². The maximum atomic E-state index is 10.9. The molecule has 0 saturated heterocycles. The first-order valence-electron chi connectivity index (χ1n) is 5.75. The second-order valence-corrected chi connectivity index (χ2v) is 4.80. The molecular weight excluding hydrogens is 256 g/mol. The lowest BCUT2D eigenvalue weighted by atomic mass is 9.80. The first kappa shape index (κ1) is 13.1. The number of nitrogens with zero attached hydrogens (tertiary/aromatic N) is 1. The normalized spacial score (nSPS) is 17.0. The van der Waals surface area contributed by atoms with E-state index in [9.17, 15) is 4.79 Å². The summed E-state index contributed by atoms with van der Waals surface area (Å²) in [7, 11) is 1.68. The number of rotatable bonds is 5. The molecule has 1 fully saturated rings. The molecule has 1 heterocycles. The van der Waals surface area contributed by atoms with Gasteiger partial charge in [0.2, 0.25) is 0 Å². The maximum absolute atomic E-state index is 10.9. The Kier molecular flexibility index (Phi) is 3.73. The zero-order valence-electron chi connectivity index (χ0n) is 10.1. The highest BCUT2D eigenvalue weighted by molar-refractivity contribution is 6.35. The SMILES string of the molecule is COC1(CNc2nccc(C(=O)O)c2Cl)CCC1.